The van der Waals surface area contributed by atoms with Crippen LogP contribution >= 0.6 is 24.2 Å². The zero-order valence-electron chi connectivity index (χ0n) is 8.52. The number of hydrogen-bond donors (Lipinski definition) is 1. The van der Waals surface area contributed by atoms with Crippen molar-refractivity contribution < 1.29 is 9.59 Å². The number of thiol groups is 1. The molecule has 0 aliphatic rings. The first-order valence-corrected chi connectivity index (χ1v) is 5.72. The summed E-state index contributed by atoms with van der Waals surface area (Å²) in [5, 5.41) is -0.598. The van der Waals surface area contributed by atoms with Crippen LogP contribution in [-0.4, -0.2) is 16.8 Å². The summed E-state index contributed by atoms with van der Waals surface area (Å²) in [7, 11) is 0. The highest BCUT2D eigenvalue weighted by atomic mass is 35.5. The maximum atomic E-state index is 11.2. The summed E-state index contributed by atoms with van der Waals surface area (Å²) in [5.74, 6) is -0.147. The Morgan fingerprint density at radius 2 is 1.88 bits per heavy atom. The molecule has 0 atom stereocenters. The van der Waals surface area contributed by atoms with Gasteiger partial charge in [0.2, 0.25) is 5.24 Å². The SMILES string of the molecule is O=C(/C=C(/Cc1ccccc1)C(=O)Cl)CS. The van der Waals surface area contributed by atoms with Crippen molar-refractivity contribution >= 4 is 35.3 Å². The molecule has 0 radical (unpaired) electrons. The van der Waals surface area contributed by atoms with Crippen LogP contribution in [0.5, 0.6) is 0 Å². The summed E-state index contributed by atoms with van der Waals surface area (Å²) in [6.45, 7) is 0. The fourth-order valence-electron chi connectivity index (χ4n) is 1.23. The van der Waals surface area contributed by atoms with Gasteiger partial charge in [-0.3, -0.25) is 9.59 Å². The van der Waals surface area contributed by atoms with Crippen LogP contribution in [0.2, 0.25) is 0 Å². The predicted octanol–water partition coefficient (Wildman–Crippen LogP) is 2.42. The maximum absolute atomic E-state index is 11.2. The number of rotatable bonds is 5. The van der Waals surface area contributed by atoms with Gasteiger partial charge < -0.3 is 0 Å². The lowest BCUT2D eigenvalue weighted by molar-refractivity contribution is -0.113. The monoisotopic (exact) mass is 254 g/mol. The van der Waals surface area contributed by atoms with Gasteiger partial charge in [-0.15, -0.1) is 0 Å². The van der Waals surface area contributed by atoms with Crippen molar-refractivity contribution in [1.82, 2.24) is 0 Å². The minimum atomic E-state index is -0.598. The first-order chi connectivity index (χ1) is 7.63. The van der Waals surface area contributed by atoms with Gasteiger partial charge in [0, 0.05) is 12.0 Å². The van der Waals surface area contributed by atoms with Crippen molar-refractivity contribution in [2.45, 2.75) is 6.42 Å². The molecule has 0 unspecified atom stereocenters. The number of hydrogen-bond acceptors (Lipinski definition) is 3. The molecule has 0 bridgehead atoms. The van der Waals surface area contributed by atoms with Crippen LogP contribution in [0.4, 0.5) is 0 Å². The van der Waals surface area contributed by atoms with E-state index in [4.69, 9.17) is 11.6 Å². The number of halogens is 1. The van der Waals surface area contributed by atoms with Crippen molar-refractivity contribution in [1.29, 1.82) is 0 Å². The highest BCUT2D eigenvalue weighted by Crippen LogP contribution is 2.11. The number of allylic oxidation sites excluding steroid dienone is 2. The zero-order chi connectivity index (χ0) is 12.0. The Morgan fingerprint density at radius 3 is 2.38 bits per heavy atom. The molecule has 0 spiro atoms. The van der Waals surface area contributed by atoms with Gasteiger partial charge in [0.1, 0.15) is 0 Å². The van der Waals surface area contributed by atoms with Crippen LogP contribution in [0.3, 0.4) is 0 Å². The van der Waals surface area contributed by atoms with E-state index in [9.17, 15) is 9.59 Å². The van der Waals surface area contributed by atoms with Crippen molar-refractivity contribution in [3.63, 3.8) is 0 Å². The Hall–Kier alpha value is -1.06. The lowest BCUT2D eigenvalue weighted by atomic mass is 10.1. The molecule has 0 aliphatic carbocycles. The highest BCUT2D eigenvalue weighted by Gasteiger charge is 2.09. The molecule has 0 N–H and O–H groups in total. The van der Waals surface area contributed by atoms with Gasteiger partial charge in [-0.2, -0.15) is 12.6 Å². The predicted molar refractivity (Wildman–Crippen MR) is 67.9 cm³/mol. The highest BCUT2D eigenvalue weighted by molar-refractivity contribution is 7.81. The standard InChI is InChI=1S/C12H11ClO2S/c13-12(15)10(7-11(14)8-16)6-9-4-2-1-3-5-9/h1-5,7,16H,6,8H2/b10-7-. The van der Waals surface area contributed by atoms with E-state index in [2.05, 4.69) is 12.6 Å². The quantitative estimate of drug-likeness (QED) is 0.498. The van der Waals surface area contributed by atoms with Crippen LogP contribution in [0, 0.1) is 0 Å². The molecule has 1 rings (SSSR count). The Kier molecular flexibility index (Phi) is 5.29. The second-order valence-corrected chi connectivity index (χ2v) is 3.89. The Labute approximate surface area is 105 Å². The van der Waals surface area contributed by atoms with E-state index < -0.39 is 5.24 Å². The molecule has 0 heterocycles. The summed E-state index contributed by atoms with van der Waals surface area (Å²) in [6, 6.07) is 9.37. The van der Waals surface area contributed by atoms with Crippen LogP contribution in [0.15, 0.2) is 42.0 Å². The second-order valence-electron chi connectivity index (χ2n) is 3.23. The zero-order valence-corrected chi connectivity index (χ0v) is 10.2. The molecule has 0 amide bonds. The Morgan fingerprint density at radius 1 is 1.25 bits per heavy atom. The Bertz CT molecular complexity index is 412. The number of benzene rings is 1. The number of ketones is 1. The van der Waals surface area contributed by atoms with E-state index in [1.165, 1.54) is 6.08 Å². The number of carbonyl (C=O) groups excluding carboxylic acids is 2. The van der Waals surface area contributed by atoms with Gasteiger partial charge >= 0.3 is 0 Å². The van der Waals surface area contributed by atoms with Crippen LogP contribution in [0.25, 0.3) is 0 Å². The third-order valence-corrected chi connectivity index (χ3v) is 2.54. The van der Waals surface area contributed by atoms with Crippen molar-refractivity contribution in [2.24, 2.45) is 0 Å². The van der Waals surface area contributed by atoms with Gasteiger partial charge in [-0.25, -0.2) is 0 Å². The summed E-state index contributed by atoms with van der Waals surface area (Å²) >= 11 is 9.25. The first-order valence-electron chi connectivity index (χ1n) is 4.71. The minimum absolute atomic E-state index is 0.0719. The van der Waals surface area contributed by atoms with E-state index in [1.807, 2.05) is 30.3 Å². The fraction of sp³-hybridized carbons (Fsp3) is 0.167. The summed E-state index contributed by atoms with van der Waals surface area (Å²) in [4.78, 5) is 22.3. The fourth-order valence-corrected chi connectivity index (χ4v) is 1.45. The lowest BCUT2D eigenvalue weighted by Crippen LogP contribution is -2.04. The largest absolute Gasteiger partial charge is 0.294 e. The van der Waals surface area contributed by atoms with Gasteiger partial charge in [-0.1, -0.05) is 30.3 Å². The number of carbonyl (C=O) groups is 2. The molecule has 1 aromatic rings. The molecule has 0 saturated carbocycles. The van der Waals surface area contributed by atoms with Crippen LogP contribution < -0.4 is 0 Å². The van der Waals surface area contributed by atoms with E-state index in [1.54, 1.807) is 0 Å². The topological polar surface area (TPSA) is 34.1 Å². The molecular weight excluding hydrogens is 244 g/mol. The van der Waals surface area contributed by atoms with Crippen LogP contribution in [-0.2, 0) is 16.0 Å². The van der Waals surface area contributed by atoms with E-state index in [0.29, 0.717) is 12.0 Å². The second kappa shape index (κ2) is 6.51. The average molecular weight is 255 g/mol. The van der Waals surface area contributed by atoms with Crippen molar-refractivity contribution in [3.05, 3.63) is 47.5 Å². The third kappa shape index (κ3) is 4.21. The molecule has 1 aromatic carbocycles. The molecule has 0 aromatic heterocycles. The molecule has 84 valence electrons. The molecule has 4 heteroatoms. The normalized spacial score (nSPS) is 11.2. The molecule has 16 heavy (non-hydrogen) atoms. The summed E-state index contributed by atoms with van der Waals surface area (Å²) in [6.07, 6.45) is 1.62. The van der Waals surface area contributed by atoms with Gasteiger partial charge in [0.15, 0.2) is 5.78 Å². The first kappa shape index (κ1) is 13.0. The maximum Gasteiger partial charge on any atom is 0.248 e. The van der Waals surface area contributed by atoms with Crippen LogP contribution in [0.1, 0.15) is 5.56 Å². The molecular formula is C12H11ClO2S. The van der Waals surface area contributed by atoms with E-state index in [0.717, 1.165) is 5.56 Å². The van der Waals surface area contributed by atoms with E-state index >= 15 is 0 Å². The molecule has 0 aliphatic heterocycles. The molecule has 0 saturated heterocycles. The van der Waals surface area contributed by atoms with Crippen molar-refractivity contribution in [3.8, 4) is 0 Å². The van der Waals surface area contributed by atoms with Gasteiger partial charge in [0.05, 0.1) is 5.75 Å². The lowest BCUT2D eigenvalue weighted by Gasteiger charge is -2.02. The smallest absolute Gasteiger partial charge is 0.248 e. The summed E-state index contributed by atoms with van der Waals surface area (Å²) in [5.41, 5.74) is 1.24. The van der Waals surface area contributed by atoms with Gasteiger partial charge in [-0.05, 0) is 23.2 Å². The molecule has 2 nitrogen and oxygen atoms in total. The third-order valence-electron chi connectivity index (χ3n) is 1.98. The average Bonchev–Trinajstić information content (AvgIpc) is 2.29. The summed E-state index contributed by atoms with van der Waals surface area (Å²) < 4.78 is 0. The van der Waals surface area contributed by atoms with Gasteiger partial charge in [0.25, 0.3) is 0 Å². The van der Waals surface area contributed by atoms with Crippen molar-refractivity contribution in [2.75, 3.05) is 5.75 Å². The Balaban J connectivity index is 2.85. The minimum Gasteiger partial charge on any atom is -0.294 e. The molecule has 0 fully saturated rings. The van der Waals surface area contributed by atoms with E-state index in [-0.39, 0.29) is 11.5 Å².